The van der Waals surface area contributed by atoms with Crippen molar-refractivity contribution in [3.8, 4) is 0 Å². The van der Waals surface area contributed by atoms with E-state index < -0.39 is 12.0 Å². The summed E-state index contributed by atoms with van der Waals surface area (Å²) >= 11 is 14.6. The summed E-state index contributed by atoms with van der Waals surface area (Å²) in [6.07, 6.45) is -4.54. The molecule has 0 radical (unpaired) electrons. The molecule has 0 fully saturated rings. The maximum absolute atomic E-state index is 12.4. The van der Waals surface area contributed by atoms with Crippen LogP contribution in [0.3, 0.4) is 0 Å². The standard InChI is InChI=1S/C8H2BrCl2F3N2/c9-4-2(10)1-3-6(5(4)11)16-7(15-3)8(12,13)14/h1H,(H,15,16). The van der Waals surface area contributed by atoms with Crippen LogP contribution in [-0.4, -0.2) is 9.97 Å². The van der Waals surface area contributed by atoms with E-state index in [0.29, 0.717) is 4.47 Å². The second-order valence-electron chi connectivity index (χ2n) is 2.97. The molecule has 2 rings (SSSR count). The lowest BCUT2D eigenvalue weighted by Gasteiger charge is -1.99. The van der Waals surface area contributed by atoms with E-state index in [-0.39, 0.29) is 21.1 Å². The van der Waals surface area contributed by atoms with Crippen LogP contribution in [0.1, 0.15) is 5.82 Å². The van der Waals surface area contributed by atoms with Gasteiger partial charge in [0.1, 0.15) is 5.52 Å². The zero-order valence-corrected chi connectivity index (χ0v) is 10.4. The Morgan fingerprint density at radius 1 is 1.31 bits per heavy atom. The fourth-order valence-electron chi connectivity index (χ4n) is 1.19. The van der Waals surface area contributed by atoms with Crippen molar-refractivity contribution < 1.29 is 13.2 Å². The van der Waals surface area contributed by atoms with Crippen LogP contribution in [-0.2, 0) is 6.18 Å². The molecule has 1 aromatic heterocycles. The van der Waals surface area contributed by atoms with Gasteiger partial charge in [-0.15, -0.1) is 0 Å². The molecule has 0 spiro atoms. The Morgan fingerprint density at radius 3 is 2.50 bits per heavy atom. The molecule has 0 saturated heterocycles. The molecule has 0 unspecified atom stereocenters. The summed E-state index contributed by atoms with van der Waals surface area (Å²) in [6, 6.07) is 1.33. The van der Waals surface area contributed by atoms with E-state index in [2.05, 4.69) is 25.9 Å². The molecule has 2 nitrogen and oxygen atoms in total. The molecule has 1 heterocycles. The van der Waals surface area contributed by atoms with Crippen LogP contribution >= 0.6 is 39.1 Å². The first-order valence-electron chi connectivity index (χ1n) is 3.91. The molecular formula is C8H2BrCl2F3N2. The molecule has 0 atom stereocenters. The highest BCUT2D eigenvalue weighted by Gasteiger charge is 2.35. The van der Waals surface area contributed by atoms with E-state index in [1.54, 1.807) is 0 Å². The van der Waals surface area contributed by atoms with Crippen molar-refractivity contribution in [3.63, 3.8) is 0 Å². The van der Waals surface area contributed by atoms with E-state index in [1.165, 1.54) is 6.07 Å². The SMILES string of the molecule is FC(F)(F)c1nc2c(Cl)c(Br)c(Cl)cc2[nH]1. The van der Waals surface area contributed by atoms with Gasteiger partial charge in [-0.25, -0.2) is 4.98 Å². The first-order chi connectivity index (χ1) is 7.30. The highest BCUT2D eigenvalue weighted by molar-refractivity contribution is 9.10. The minimum Gasteiger partial charge on any atom is -0.334 e. The Bertz CT molecular complexity index is 564. The molecule has 8 heteroatoms. The Balaban J connectivity index is 2.77. The molecule has 2 aromatic rings. The highest BCUT2D eigenvalue weighted by atomic mass is 79.9. The van der Waals surface area contributed by atoms with Crippen molar-refractivity contribution in [3.05, 3.63) is 26.4 Å². The van der Waals surface area contributed by atoms with Gasteiger partial charge in [-0.3, -0.25) is 0 Å². The first-order valence-corrected chi connectivity index (χ1v) is 5.46. The normalized spacial score (nSPS) is 12.4. The lowest BCUT2D eigenvalue weighted by atomic mass is 10.3. The van der Waals surface area contributed by atoms with E-state index >= 15 is 0 Å². The van der Waals surface area contributed by atoms with E-state index in [1.807, 2.05) is 0 Å². The van der Waals surface area contributed by atoms with E-state index in [0.717, 1.165) is 0 Å². The Kier molecular flexibility index (Phi) is 2.84. The predicted octanol–water partition coefficient (Wildman–Crippen LogP) is 4.65. The summed E-state index contributed by atoms with van der Waals surface area (Å²) in [5, 5.41) is 0.268. The summed E-state index contributed by atoms with van der Waals surface area (Å²) in [6.45, 7) is 0. The van der Waals surface area contributed by atoms with Crippen molar-refractivity contribution in [2.45, 2.75) is 6.18 Å². The van der Waals surface area contributed by atoms with Gasteiger partial charge in [0.15, 0.2) is 0 Å². The molecule has 0 amide bonds. The summed E-state index contributed by atoms with van der Waals surface area (Å²) in [7, 11) is 0. The fraction of sp³-hybridized carbons (Fsp3) is 0.125. The Labute approximate surface area is 106 Å². The quantitative estimate of drug-likeness (QED) is 0.698. The van der Waals surface area contributed by atoms with Crippen molar-refractivity contribution in [2.24, 2.45) is 0 Å². The van der Waals surface area contributed by atoms with Gasteiger partial charge in [0, 0.05) is 0 Å². The third kappa shape index (κ3) is 1.89. The van der Waals surface area contributed by atoms with Gasteiger partial charge in [-0.2, -0.15) is 13.2 Å². The van der Waals surface area contributed by atoms with E-state index in [9.17, 15) is 13.2 Å². The maximum atomic E-state index is 12.4. The van der Waals surface area contributed by atoms with Crippen LogP contribution in [0.25, 0.3) is 11.0 Å². The predicted molar refractivity (Wildman–Crippen MR) is 58.8 cm³/mol. The maximum Gasteiger partial charge on any atom is 0.449 e. The third-order valence-electron chi connectivity index (χ3n) is 1.88. The number of H-pyrrole nitrogens is 1. The van der Waals surface area contributed by atoms with Crippen molar-refractivity contribution in [1.29, 1.82) is 0 Å². The number of hydrogen-bond acceptors (Lipinski definition) is 1. The number of imidazole rings is 1. The number of rotatable bonds is 0. The van der Waals surface area contributed by atoms with Gasteiger partial charge in [-0.1, -0.05) is 23.2 Å². The molecule has 1 aromatic carbocycles. The highest BCUT2D eigenvalue weighted by Crippen LogP contribution is 2.38. The van der Waals surface area contributed by atoms with Crippen molar-refractivity contribution in [2.75, 3.05) is 0 Å². The average molecular weight is 334 g/mol. The molecule has 86 valence electrons. The molecule has 0 aliphatic carbocycles. The number of halogens is 6. The lowest BCUT2D eigenvalue weighted by molar-refractivity contribution is -0.144. The molecule has 0 aliphatic heterocycles. The zero-order valence-electron chi connectivity index (χ0n) is 7.29. The lowest BCUT2D eigenvalue weighted by Crippen LogP contribution is -2.06. The van der Waals surface area contributed by atoms with Gasteiger partial charge >= 0.3 is 6.18 Å². The molecule has 0 bridgehead atoms. The monoisotopic (exact) mass is 332 g/mol. The number of fused-ring (bicyclic) bond motifs is 1. The average Bonchev–Trinajstić information content (AvgIpc) is 2.57. The Morgan fingerprint density at radius 2 is 1.94 bits per heavy atom. The number of benzene rings is 1. The first kappa shape index (κ1) is 12.0. The summed E-state index contributed by atoms with van der Waals surface area (Å²) < 4.78 is 37.5. The van der Waals surface area contributed by atoms with E-state index in [4.69, 9.17) is 23.2 Å². The number of nitrogens with zero attached hydrogens (tertiary/aromatic N) is 1. The van der Waals surface area contributed by atoms with Crippen LogP contribution in [0.2, 0.25) is 10.0 Å². The topological polar surface area (TPSA) is 28.7 Å². The van der Waals surface area contributed by atoms with Gasteiger partial charge in [0.05, 0.1) is 20.0 Å². The second kappa shape index (κ2) is 3.78. The molecular weight excluding hydrogens is 332 g/mol. The number of aromatic nitrogens is 2. The van der Waals surface area contributed by atoms with Crippen LogP contribution in [0.15, 0.2) is 10.5 Å². The van der Waals surface area contributed by atoms with Gasteiger partial charge < -0.3 is 4.98 Å². The summed E-state index contributed by atoms with van der Waals surface area (Å²) in [4.78, 5) is 5.50. The number of aromatic amines is 1. The molecule has 0 aliphatic rings. The zero-order chi connectivity index (χ0) is 12.1. The third-order valence-corrected chi connectivity index (χ3v) is 3.83. The summed E-state index contributed by atoms with van der Waals surface area (Å²) in [5.41, 5.74) is 0.177. The molecule has 1 N–H and O–H groups in total. The number of nitrogens with one attached hydrogen (secondary N) is 1. The fourth-order valence-corrected chi connectivity index (χ4v) is 1.99. The van der Waals surface area contributed by atoms with Crippen LogP contribution in [0, 0.1) is 0 Å². The summed E-state index contributed by atoms with van der Waals surface area (Å²) in [5.74, 6) is -1.10. The number of hydrogen-bond donors (Lipinski definition) is 1. The minimum absolute atomic E-state index is 0.0327. The number of alkyl halides is 3. The van der Waals surface area contributed by atoms with Gasteiger partial charge in [-0.05, 0) is 22.0 Å². The van der Waals surface area contributed by atoms with Crippen LogP contribution in [0.4, 0.5) is 13.2 Å². The Hall–Kier alpha value is -0.460. The minimum atomic E-state index is -4.54. The van der Waals surface area contributed by atoms with Gasteiger partial charge in [0.25, 0.3) is 0 Å². The molecule has 0 saturated carbocycles. The molecule has 16 heavy (non-hydrogen) atoms. The van der Waals surface area contributed by atoms with Crippen LogP contribution in [0.5, 0.6) is 0 Å². The van der Waals surface area contributed by atoms with Crippen molar-refractivity contribution >= 4 is 50.2 Å². The second-order valence-corrected chi connectivity index (χ2v) is 4.54. The van der Waals surface area contributed by atoms with Crippen molar-refractivity contribution in [1.82, 2.24) is 9.97 Å². The van der Waals surface area contributed by atoms with Crippen LogP contribution < -0.4 is 0 Å². The largest absolute Gasteiger partial charge is 0.449 e. The van der Waals surface area contributed by atoms with Gasteiger partial charge in [0.2, 0.25) is 5.82 Å². The smallest absolute Gasteiger partial charge is 0.334 e.